The van der Waals surface area contributed by atoms with Crippen molar-refractivity contribution >= 4 is 17.0 Å². The second-order valence-electron chi connectivity index (χ2n) is 5.69. The molecule has 25 heavy (non-hydrogen) atoms. The maximum atomic E-state index is 11.8. The van der Waals surface area contributed by atoms with E-state index in [0.717, 1.165) is 28.8 Å². The Morgan fingerprint density at radius 3 is 2.36 bits per heavy atom. The highest BCUT2D eigenvalue weighted by molar-refractivity contribution is 5.89. The molecule has 3 rings (SSSR count). The van der Waals surface area contributed by atoms with Crippen LogP contribution in [-0.4, -0.2) is 22.5 Å². The quantitative estimate of drug-likeness (QED) is 0.635. The van der Waals surface area contributed by atoms with E-state index in [-0.39, 0.29) is 5.97 Å². The smallest absolute Gasteiger partial charge is 0.338 e. The van der Waals surface area contributed by atoms with Gasteiger partial charge in [-0.1, -0.05) is 19.1 Å². The fourth-order valence-corrected chi connectivity index (χ4v) is 2.38. The molecule has 0 atom stereocenters. The van der Waals surface area contributed by atoms with Crippen LogP contribution in [0.2, 0.25) is 0 Å². The fraction of sp³-hybridized carbons (Fsp3) is 0.250. The molecule has 2 aromatic carbocycles. The lowest BCUT2D eigenvalue weighted by Gasteiger charge is -2.09. The molecule has 0 N–H and O–H groups in total. The molecule has 0 unspecified atom stereocenters. The first-order chi connectivity index (χ1) is 12.2. The van der Waals surface area contributed by atoms with Gasteiger partial charge in [0.1, 0.15) is 12.4 Å². The summed E-state index contributed by atoms with van der Waals surface area (Å²) in [7, 11) is 0. The summed E-state index contributed by atoms with van der Waals surface area (Å²) in [6.45, 7) is 4.63. The summed E-state index contributed by atoms with van der Waals surface area (Å²) in [5, 5.41) is 0. The Kier molecular flexibility index (Phi) is 5.23. The van der Waals surface area contributed by atoms with Crippen LogP contribution >= 0.6 is 0 Å². The Bertz CT molecular complexity index is 876. The Balaban J connectivity index is 1.67. The summed E-state index contributed by atoms with van der Waals surface area (Å²) < 4.78 is 10.9. The van der Waals surface area contributed by atoms with Gasteiger partial charge in [0.25, 0.3) is 0 Å². The number of carbonyl (C=O) groups is 1. The van der Waals surface area contributed by atoms with Gasteiger partial charge in [-0.2, -0.15) is 0 Å². The Hall–Kier alpha value is -2.95. The third-order valence-electron chi connectivity index (χ3n) is 3.75. The van der Waals surface area contributed by atoms with Gasteiger partial charge in [0.05, 0.1) is 34.6 Å². The molecule has 0 amide bonds. The van der Waals surface area contributed by atoms with Crippen LogP contribution in [0.15, 0.2) is 48.5 Å². The largest absolute Gasteiger partial charge is 0.487 e. The lowest BCUT2D eigenvalue weighted by molar-refractivity contribution is 0.0505. The summed E-state index contributed by atoms with van der Waals surface area (Å²) >= 11 is 0. The third kappa shape index (κ3) is 4.12. The van der Waals surface area contributed by atoms with Crippen molar-refractivity contribution in [2.45, 2.75) is 26.9 Å². The predicted molar refractivity (Wildman–Crippen MR) is 95.6 cm³/mol. The number of rotatable bonds is 6. The Morgan fingerprint density at radius 2 is 1.68 bits per heavy atom. The number of esters is 1. The molecule has 0 aliphatic rings. The molecule has 3 aromatic rings. The van der Waals surface area contributed by atoms with E-state index in [4.69, 9.17) is 9.47 Å². The zero-order valence-electron chi connectivity index (χ0n) is 14.4. The van der Waals surface area contributed by atoms with Gasteiger partial charge in [-0.05, 0) is 49.7 Å². The van der Waals surface area contributed by atoms with Crippen molar-refractivity contribution in [3.63, 3.8) is 0 Å². The van der Waals surface area contributed by atoms with Crippen LogP contribution in [0.5, 0.6) is 5.75 Å². The van der Waals surface area contributed by atoms with Gasteiger partial charge < -0.3 is 9.47 Å². The van der Waals surface area contributed by atoms with Gasteiger partial charge >= 0.3 is 5.97 Å². The number of carbonyl (C=O) groups excluding carboxylic acids is 1. The summed E-state index contributed by atoms with van der Waals surface area (Å²) in [5.74, 6) is 0.353. The van der Waals surface area contributed by atoms with Crippen LogP contribution < -0.4 is 4.74 Å². The van der Waals surface area contributed by atoms with E-state index in [1.807, 2.05) is 38.1 Å². The zero-order valence-corrected chi connectivity index (χ0v) is 14.4. The molecule has 0 fully saturated rings. The molecule has 0 aliphatic carbocycles. The molecule has 5 nitrogen and oxygen atoms in total. The average Bonchev–Trinajstić information content (AvgIpc) is 2.64. The van der Waals surface area contributed by atoms with E-state index in [2.05, 4.69) is 9.97 Å². The minimum Gasteiger partial charge on any atom is -0.487 e. The normalized spacial score (nSPS) is 10.6. The molecular formula is C20H20N2O3. The van der Waals surface area contributed by atoms with E-state index >= 15 is 0 Å². The first-order valence-electron chi connectivity index (χ1n) is 8.29. The molecule has 1 heterocycles. The number of aryl methyl sites for hydroxylation is 1. The third-order valence-corrected chi connectivity index (χ3v) is 3.75. The lowest BCUT2D eigenvalue weighted by atomic mass is 10.2. The minimum absolute atomic E-state index is 0.315. The lowest BCUT2D eigenvalue weighted by Crippen LogP contribution is -2.06. The Labute approximate surface area is 146 Å². The highest BCUT2D eigenvalue weighted by Gasteiger charge is 2.08. The van der Waals surface area contributed by atoms with E-state index in [1.165, 1.54) is 0 Å². The van der Waals surface area contributed by atoms with Crippen molar-refractivity contribution < 1.29 is 14.3 Å². The van der Waals surface area contributed by atoms with Gasteiger partial charge in [0.15, 0.2) is 0 Å². The molecule has 0 saturated carbocycles. The average molecular weight is 336 g/mol. The van der Waals surface area contributed by atoms with Crippen LogP contribution in [-0.2, 0) is 11.3 Å². The van der Waals surface area contributed by atoms with Crippen molar-refractivity contribution in [3.05, 3.63) is 65.5 Å². The molecule has 1 aromatic heterocycles. The van der Waals surface area contributed by atoms with E-state index in [9.17, 15) is 4.79 Å². The molecule has 0 aliphatic heterocycles. The number of benzene rings is 2. The number of hydrogen-bond donors (Lipinski definition) is 0. The molecule has 5 heteroatoms. The maximum Gasteiger partial charge on any atom is 0.338 e. The second kappa shape index (κ2) is 7.75. The summed E-state index contributed by atoms with van der Waals surface area (Å²) in [5.41, 5.74) is 3.88. The van der Waals surface area contributed by atoms with Crippen molar-refractivity contribution in [1.29, 1.82) is 0 Å². The zero-order chi connectivity index (χ0) is 17.6. The van der Waals surface area contributed by atoms with Crippen molar-refractivity contribution in [1.82, 2.24) is 9.97 Å². The van der Waals surface area contributed by atoms with Gasteiger partial charge in [-0.15, -0.1) is 0 Å². The molecule has 0 radical (unpaired) electrons. The highest BCUT2D eigenvalue weighted by Crippen LogP contribution is 2.17. The van der Waals surface area contributed by atoms with E-state index in [1.54, 1.807) is 24.3 Å². The number of ether oxygens (including phenoxy) is 2. The van der Waals surface area contributed by atoms with Gasteiger partial charge in [0, 0.05) is 0 Å². The first-order valence-corrected chi connectivity index (χ1v) is 8.29. The predicted octanol–water partition coefficient (Wildman–Crippen LogP) is 4.08. The monoisotopic (exact) mass is 336 g/mol. The molecule has 0 saturated heterocycles. The highest BCUT2D eigenvalue weighted by atomic mass is 16.5. The SMILES string of the molecule is CCCOC(=O)c1ccc(OCc2nc3ccccc3nc2C)cc1. The van der Waals surface area contributed by atoms with Crippen molar-refractivity contribution in [3.8, 4) is 5.75 Å². The van der Waals surface area contributed by atoms with E-state index in [0.29, 0.717) is 24.5 Å². The molecular weight excluding hydrogens is 316 g/mol. The van der Waals surface area contributed by atoms with Crippen LogP contribution in [0.1, 0.15) is 35.1 Å². The van der Waals surface area contributed by atoms with Crippen LogP contribution in [0.3, 0.4) is 0 Å². The first kappa shape index (κ1) is 16.9. The fourth-order valence-electron chi connectivity index (χ4n) is 2.38. The standard InChI is InChI=1S/C20H20N2O3/c1-3-12-24-20(23)15-8-10-16(11-9-15)25-13-19-14(2)21-17-6-4-5-7-18(17)22-19/h4-11H,3,12-13H2,1-2H3. The topological polar surface area (TPSA) is 61.3 Å². The van der Waals surface area contributed by atoms with Crippen molar-refractivity contribution in [2.75, 3.05) is 6.61 Å². The Morgan fingerprint density at radius 1 is 1.00 bits per heavy atom. The maximum absolute atomic E-state index is 11.8. The second-order valence-corrected chi connectivity index (χ2v) is 5.69. The summed E-state index contributed by atoms with van der Waals surface area (Å²) in [4.78, 5) is 20.9. The van der Waals surface area contributed by atoms with Gasteiger partial charge in [-0.25, -0.2) is 14.8 Å². The number of nitrogens with zero attached hydrogens (tertiary/aromatic N) is 2. The number of para-hydroxylation sites is 2. The summed E-state index contributed by atoms with van der Waals surface area (Å²) in [6, 6.07) is 14.7. The number of fused-ring (bicyclic) bond motifs is 1. The van der Waals surface area contributed by atoms with Crippen LogP contribution in [0.25, 0.3) is 11.0 Å². The van der Waals surface area contributed by atoms with E-state index < -0.39 is 0 Å². The van der Waals surface area contributed by atoms with Crippen LogP contribution in [0.4, 0.5) is 0 Å². The summed E-state index contributed by atoms with van der Waals surface area (Å²) in [6.07, 6.45) is 0.805. The van der Waals surface area contributed by atoms with Crippen molar-refractivity contribution in [2.24, 2.45) is 0 Å². The molecule has 0 spiro atoms. The number of aromatic nitrogens is 2. The molecule has 128 valence electrons. The minimum atomic E-state index is -0.315. The molecule has 0 bridgehead atoms. The van der Waals surface area contributed by atoms with Gasteiger partial charge in [0.2, 0.25) is 0 Å². The van der Waals surface area contributed by atoms with Crippen LogP contribution in [0, 0.1) is 6.92 Å². The number of hydrogen-bond acceptors (Lipinski definition) is 5. The van der Waals surface area contributed by atoms with Gasteiger partial charge in [-0.3, -0.25) is 0 Å².